The lowest BCUT2D eigenvalue weighted by atomic mass is 10.0. The second-order valence-electron chi connectivity index (χ2n) is 4.11. The van der Waals surface area contributed by atoms with Gasteiger partial charge in [-0.1, -0.05) is 23.5 Å². The van der Waals surface area contributed by atoms with Gasteiger partial charge in [0.25, 0.3) is 5.91 Å². The number of rotatable bonds is 2. The fourth-order valence-electron chi connectivity index (χ4n) is 1.60. The number of aliphatic hydroxyl groups excluding tert-OH is 1. The Kier molecular flexibility index (Phi) is 4.45. The molecule has 6 heteroatoms. The van der Waals surface area contributed by atoms with E-state index in [1.807, 2.05) is 13.0 Å². The number of nitrogens with zero attached hydrogens (tertiary/aromatic N) is 2. The summed E-state index contributed by atoms with van der Waals surface area (Å²) in [6, 6.07) is 5.39. The van der Waals surface area contributed by atoms with Crippen LogP contribution in [0.1, 0.15) is 27.3 Å². The monoisotopic (exact) mass is 287 g/mol. The quantitative estimate of drug-likeness (QED) is 0.825. The molecular formula is C14H13N3O2S. The van der Waals surface area contributed by atoms with Crippen molar-refractivity contribution in [3.63, 3.8) is 0 Å². The third-order valence-electron chi connectivity index (χ3n) is 2.47. The van der Waals surface area contributed by atoms with E-state index in [1.165, 1.54) is 0 Å². The molecular weight excluding hydrogens is 274 g/mol. The highest BCUT2D eigenvalue weighted by Gasteiger charge is 2.12. The van der Waals surface area contributed by atoms with E-state index in [0.29, 0.717) is 22.1 Å². The summed E-state index contributed by atoms with van der Waals surface area (Å²) >= 11 is 1.13. The lowest BCUT2D eigenvalue weighted by molar-refractivity contribution is 0.102. The molecule has 0 aliphatic heterocycles. The van der Waals surface area contributed by atoms with Crippen LogP contribution in [-0.2, 0) is 0 Å². The molecule has 0 spiro atoms. The predicted molar refractivity (Wildman–Crippen MR) is 77.7 cm³/mol. The zero-order valence-corrected chi connectivity index (χ0v) is 11.9. The number of amides is 1. The molecule has 1 heterocycles. The van der Waals surface area contributed by atoms with Crippen LogP contribution in [0.4, 0.5) is 5.13 Å². The third-order valence-corrected chi connectivity index (χ3v) is 3.19. The molecule has 102 valence electrons. The molecule has 2 N–H and O–H groups in total. The number of aryl methyl sites for hydroxylation is 2. The molecule has 0 aliphatic carbocycles. The predicted octanol–water partition coefficient (Wildman–Crippen LogP) is 1.75. The second-order valence-corrected chi connectivity index (χ2v) is 4.86. The Hall–Kier alpha value is -2.23. The summed E-state index contributed by atoms with van der Waals surface area (Å²) in [6.07, 6.45) is 0. The van der Waals surface area contributed by atoms with Gasteiger partial charge in [0.2, 0.25) is 5.13 Å². The van der Waals surface area contributed by atoms with Crippen molar-refractivity contribution in [2.75, 3.05) is 11.9 Å². The van der Waals surface area contributed by atoms with Crippen LogP contribution in [0, 0.1) is 25.7 Å². The van der Waals surface area contributed by atoms with Gasteiger partial charge in [0.15, 0.2) is 0 Å². The fourth-order valence-corrected chi connectivity index (χ4v) is 2.17. The highest BCUT2D eigenvalue weighted by Crippen LogP contribution is 2.15. The Morgan fingerprint density at radius 1 is 1.45 bits per heavy atom. The van der Waals surface area contributed by atoms with Crippen molar-refractivity contribution < 1.29 is 9.90 Å². The highest BCUT2D eigenvalue weighted by atomic mass is 32.1. The lowest BCUT2D eigenvalue weighted by Crippen LogP contribution is -2.13. The van der Waals surface area contributed by atoms with E-state index in [9.17, 15) is 4.79 Å². The lowest BCUT2D eigenvalue weighted by Gasteiger charge is -2.05. The summed E-state index contributed by atoms with van der Waals surface area (Å²) in [6.45, 7) is 3.41. The summed E-state index contributed by atoms with van der Waals surface area (Å²) in [7, 11) is 0. The zero-order chi connectivity index (χ0) is 14.5. The summed E-state index contributed by atoms with van der Waals surface area (Å²) in [5, 5.41) is 11.9. The number of carbonyl (C=O) groups excluding carboxylic acids is 1. The third kappa shape index (κ3) is 3.41. The molecule has 0 aliphatic rings. The standard InChI is InChI=1S/C14H13N3O2S/c1-9-5-6-11(4-3-7-18)12(8-9)13(19)16-14-15-10(2)17-20-14/h5-6,8,18H,7H2,1-2H3,(H,15,16,17,19). The molecule has 1 aromatic heterocycles. The Morgan fingerprint density at radius 3 is 2.90 bits per heavy atom. The highest BCUT2D eigenvalue weighted by molar-refractivity contribution is 7.09. The van der Waals surface area contributed by atoms with Crippen LogP contribution in [0.2, 0.25) is 0 Å². The van der Waals surface area contributed by atoms with Crippen molar-refractivity contribution in [2.45, 2.75) is 13.8 Å². The normalized spacial score (nSPS) is 9.75. The molecule has 2 rings (SSSR count). The number of benzene rings is 1. The van der Waals surface area contributed by atoms with Crippen LogP contribution in [-0.4, -0.2) is 27.0 Å². The maximum absolute atomic E-state index is 12.3. The Balaban J connectivity index is 2.30. The van der Waals surface area contributed by atoms with Gasteiger partial charge >= 0.3 is 0 Å². The summed E-state index contributed by atoms with van der Waals surface area (Å²) < 4.78 is 4.01. The molecule has 20 heavy (non-hydrogen) atoms. The van der Waals surface area contributed by atoms with Crippen molar-refractivity contribution >= 4 is 22.6 Å². The topological polar surface area (TPSA) is 75.1 Å². The van der Waals surface area contributed by atoms with Gasteiger partial charge in [-0.25, -0.2) is 4.98 Å². The number of aromatic nitrogens is 2. The Morgan fingerprint density at radius 2 is 2.25 bits per heavy atom. The van der Waals surface area contributed by atoms with E-state index in [4.69, 9.17) is 5.11 Å². The average molecular weight is 287 g/mol. The number of hydrogen-bond acceptors (Lipinski definition) is 5. The molecule has 0 atom stereocenters. The fraction of sp³-hybridized carbons (Fsp3) is 0.214. The van der Waals surface area contributed by atoms with E-state index in [2.05, 4.69) is 26.5 Å². The second kappa shape index (κ2) is 6.28. The molecule has 0 saturated heterocycles. The van der Waals surface area contributed by atoms with Gasteiger partial charge in [0, 0.05) is 17.1 Å². The number of hydrogen-bond donors (Lipinski definition) is 2. The minimum absolute atomic E-state index is 0.246. The van der Waals surface area contributed by atoms with Gasteiger partial charge in [-0.05, 0) is 26.0 Å². The van der Waals surface area contributed by atoms with Gasteiger partial charge in [0.05, 0.1) is 5.56 Å². The number of aliphatic hydroxyl groups is 1. The van der Waals surface area contributed by atoms with Gasteiger partial charge in [0.1, 0.15) is 12.4 Å². The molecule has 0 bridgehead atoms. The minimum atomic E-state index is -0.285. The molecule has 0 saturated carbocycles. The minimum Gasteiger partial charge on any atom is -0.384 e. The van der Waals surface area contributed by atoms with Crippen molar-refractivity contribution in [2.24, 2.45) is 0 Å². The van der Waals surface area contributed by atoms with Crippen molar-refractivity contribution in [1.82, 2.24) is 9.36 Å². The average Bonchev–Trinajstić information content (AvgIpc) is 2.82. The van der Waals surface area contributed by atoms with Gasteiger partial charge < -0.3 is 5.11 Å². The maximum Gasteiger partial charge on any atom is 0.258 e. The van der Waals surface area contributed by atoms with E-state index in [-0.39, 0.29) is 12.5 Å². The summed E-state index contributed by atoms with van der Waals surface area (Å²) in [5.74, 6) is 5.65. The van der Waals surface area contributed by atoms with E-state index >= 15 is 0 Å². The zero-order valence-electron chi connectivity index (χ0n) is 11.1. The van der Waals surface area contributed by atoms with Crippen LogP contribution in [0.3, 0.4) is 0 Å². The van der Waals surface area contributed by atoms with Crippen molar-refractivity contribution in [1.29, 1.82) is 0 Å². The van der Waals surface area contributed by atoms with Gasteiger partial charge in [-0.15, -0.1) is 0 Å². The molecule has 0 radical (unpaired) electrons. The number of nitrogens with one attached hydrogen (secondary N) is 1. The molecule has 0 unspecified atom stereocenters. The molecule has 1 amide bonds. The smallest absolute Gasteiger partial charge is 0.258 e. The first-order valence-corrected chi connectivity index (χ1v) is 6.69. The Bertz CT molecular complexity index is 698. The molecule has 0 fully saturated rings. The van der Waals surface area contributed by atoms with E-state index in [1.54, 1.807) is 19.1 Å². The van der Waals surface area contributed by atoms with Gasteiger partial charge in [-0.2, -0.15) is 4.37 Å². The summed E-state index contributed by atoms with van der Waals surface area (Å²) in [5.41, 5.74) is 1.99. The molecule has 2 aromatic rings. The van der Waals surface area contributed by atoms with Crippen molar-refractivity contribution in [3.05, 3.63) is 40.7 Å². The van der Waals surface area contributed by atoms with Gasteiger partial charge in [-0.3, -0.25) is 10.1 Å². The SMILES string of the molecule is Cc1ccc(C#CCO)c(C(=O)Nc2nc(C)ns2)c1. The van der Waals surface area contributed by atoms with Crippen LogP contribution in [0.5, 0.6) is 0 Å². The first-order valence-electron chi connectivity index (χ1n) is 5.92. The first-order chi connectivity index (χ1) is 9.60. The van der Waals surface area contributed by atoms with Crippen LogP contribution in [0.15, 0.2) is 18.2 Å². The number of anilines is 1. The number of carbonyl (C=O) groups is 1. The van der Waals surface area contributed by atoms with Crippen LogP contribution < -0.4 is 5.32 Å². The van der Waals surface area contributed by atoms with Crippen molar-refractivity contribution in [3.8, 4) is 11.8 Å². The van der Waals surface area contributed by atoms with E-state index in [0.717, 1.165) is 17.1 Å². The maximum atomic E-state index is 12.3. The van der Waals surface area contributed by atoms with Crippen LogP contribution >= 0.6 is 11.5 Å². The molecule has 5 nitrogen and oxygen atoms in total. The summed E-state index contributed by atoms with van der Waals surface area (Å²) in [4.78, 5) is 16.3. The largest absolute Gasteiger partial charge is 0.384 e. The molecule has 1 aromatic carbocycles. The van der Waals surface area contributed by atoms with Crippen LogP contribution in [0.25, 0.3) is 0 Å². The van der Waals surface area contributed by atoms with E-state index < -0.39 is 0 Å². The Labute approximate surface area is 120 Å². The first kappa shape index (κ1) is 14.2.